The van der Waals surface area contributed by atoms with Gasteiger partial charge in [-0.2, -0.15) is 0 Å². The van der Waals surface area contributed by atoms with E-state index in [1.807, 2.05) is 19.1 Å². The maximum atomic E-state index is 12.4. The fraction of sp³-hybridized carbons (Fsp3) is 0.345. The first-order valence-electron chi connectivity index (χ1n) is 12.7. The van der Waals surface area contributed by atoms with Crippen LogP contribution in [0.3, 0.4) is 0 Å². The lowest BCUT2D eigenvalue weighted by Crippen LogP contribution is -2.20. The van der Waals surface area contributed by atoms with Crippen LogP contribution in [0.2, 0.25) is 0 Å². The SMILES string of the molecule is CCCc1cc(Cn2c(C)nc3ncccc32)cc(CCC)c1OC(C(=O)O)c1ccc2c(c1)OCO2. The van der Waals surface area contributed by atoms with Gasteiger partial charge in [0.05, 0.1) is 5.52 Å². The number of aromatic nitrogens is 3. The standard InChI is InChI=1S/C29H31N3O5/c1-4-7-20-13-19(16-32-18(3)31-28-23(32)9-6-12-30-28)14-21(8-5-2)26(20)37-27(29(33)34)22-10-11-24-25(15-22)36-17-35-24/h6,9-15,27H,4-5,7-8,16-17H2,1-3H3,(H,33,34). The largest absolute Gasteiger partial charge is 0.478 e. The van der Waals surface area contributed by atoms with Crippen LogP contribution < -0.4 is 14.2 Å². The van der Waals surface area contributed by atoms with Crippen molar-refractivity contribution in [2.24, 2.45) is 0 Å². The summed E-state index contributed by atoms with van der Waals surface area (Å²) >= 11 is 0. The summed E-state index contributed by atoms with van der Waals surface area (Å²) in [4.78, 5) is 21.4. The average molecular weight is 502 g/mol. The third kappa shape index (κ3) is 4.96. The molecule has 1 unspecified atom stereocenters. The van der Waals surface area contributed by atoms with Crippen LogP contribution in [-0.2, 0) is 24.2 Å². The van der Waals surface area contributed by atoms with Crippen molar-refractivity contribution in [2.75, 3.05) is 6.79 Å². The zero-order valence-corrected chi connectivity index (χ0v) is 21.4. The summed E-state index contributed by atoms with van der Waals surface area (Å²) in [5.41, 5.74) is 5.38. The van der Waals surface area contributed by atoms with Crippen LogP contribution in [0.1, 0.15) is 60.9 Å². The van der Waals surface area contributed by atoms with Crippen molar-refractivity contribution in [3.8, 4) is 17.2 Å². The minimum atomic E-state index is -1.17. The van der Waals surface area contributed by atoms with Gasteiger partial charge < -0.3 is 23.9 Å². The highest BCUT2D eigenvalue weighted by Gasteiger charge is 2.27. The fourth-order valence-corrected chi connectivity index (χ4v) is 4.89. The van der Waals surface area contributed by atoms with Gasteiger partial charge in [0.1, 0.15) is 11.6 Å². The lowest BCUT2D eigenvalue weighted by molar-refractivity contribution is -0.145. The second-order valence-electron chi connectivity index (χ2n) is 9.28. The zero-order chi connectivity index (χ0) is 25.9. The highest BCUT2D eigenvalue weighted by molar-refractivity contribution is 5.75. The first-order valence-corrected chi connectivity index (χ1v) is 12.7. The van der Waals surface area contributed by atoms with Gasteiger partial charge in [0.15, 0.2) is 17.1 Å². The number of pyridine rings is 1. The number of aliphatic carboxylic acids is 1. The van der Waals surface area contributed by atoms with Gasteiger partial charge in [0, 0.05) is 18.3 Å². The smallest absolute Gasteiger partial charge is 0.349 e. The molecule has 0 saturated heterocycles. The molecule has 8 heteroatoms. The Morgan fingerprint density at radius 3 is 2.51 bits per heavy atom. The summed E-state index contributed by atoms with van der Waals surface area (Å²) in [5.74, 6) is 1.64. The molecule has 1 N–H and O–H groups in total. The molecule has 1 atom stereocenters. The van der Waals surface area contributed by atoms with E-state index in [9.17, 15) is 9.90 Å². The molecule has 0 bridgehead atoms. The minimum Gasteiger partial charge on any atom is -0.478 e. The summed E-state index contributed by atoms with van der Waals surface area (Å²) in [7, 11) is 0. The van der Waals surface area contributed by atoms with Crippen LogP contribution in [0.4, 0.5) is 0 Å². The molecule has 0 amide bonds. The molecule has 1 aliphatic rings. The van der Waals surface area contributed by atoms with E-state index in [1.54, 1.807) is 24.4 Å². The fourth-order valence-electron chi connectivity index (χ4n) is 4.89. The Kier molecular flexibility index (Phi) is 6.99. The molecule has 5 rings (SSSR count). The molecule has 2 aromatic carbocycles. The predicted octanol–water partition coefficient (Wildman–Crippen LogP) is 5.63. The molecule has 4 aromatic rings. The number of carbonyl (C=O) groups is 1. The minimum absolute atomic E-state index is 0.127. The third-order valence-electron chi connectivity index (χ3n) is 6.56. The number of hydrogen-bond donors (Lipinski definition) is 1. The van der Waals surface area contributed by atoms with Crippen LogP contribution in [0.5, 0.6) is 17.2 Å². The van der Waals surface area contributed by atoms with E-state index in [4.69, 9.17) is 14.2 Å². The molecule has 8 nitrogen and oxygen atoms in total. The molecule has 1 aliphatic heterocycles. The Morgan fingerprint density at radius 2 is 1.81 bits per heavy atom. The highest BCUT2D eigenvalue weighted by atomic mass is 16.7. The van der Waals surface area contributed by atoms with Crippen LogP contribution in [-0.4, -0.2) is 32.4 Å². The predicted molar refractivity (Wildman–Crippen MR) is 139 cm³/mol. The zero-order valence-electron chi connectivity index (χ0n) is 21.4. The summed E-state index contributed by atoms with van der Waals surface area (Å²) in [6.45, 7) is 6.99. The van der Waals surface area contributed by atoms with E-state index in [0.717, 1.165) is 59.4 Å². The first-order chi connectivity index (χ1) is 18.0. The summed E-state index contributed by atoms with van der Waals surface area (Å²) in [6.07, 6.45) is 3.95. The maximum absolute atomic E-state index is 12.4. The number of ether oxygens (including phenoxy) is 3. The van der Waals surface area contributed by atoms with Crippen LogP contribution in [0.15, 0.2) is 48.7 Å². The third-order valence-corrected chi connectivity index (χ3v) is 6.56. The molecule has 3 heterocycles. The van der Waals surface area contributed by atoms with E-state index in [1.165, 1.54) is 0 Å². The highest BCUT2D eigenvalue weighted by Crippen LogP contribution is 2.38. The Labute approximate surface area is 215 Å². The second-order valence-corrected chi connectivity index (χ2v) is 9.28. The van der Waals surface area contributed by atoms with Crippen LogP contribution >= 0.6 is 0 Å². The molecular formula is C29H31N3O5. The Bertz CT molecular complexity index is 1420. The number of carboxylic acids is 1. The average Bonchev–Trinajstić information content (AvgIpc) is 3.47. The lowest BCUT2D eigenvalue weighted by Gasteiger charge is -2.22. The number of aryl methyl sites for hydroxylation is 3. The number of imidazole rings is 1. The van der Waals surface area contributed by atoms with Gasteiger partial charge in [-0.05, 0) is 60.7 Å². The molecule has 192 valence electrons. The van der Waals surface area contributed by atoms with Crippen molar-refractivity contribution in [1.29, 1.82) is 0 Å². The summed E-state index contributed by atoms with van der Waals surface area (Å²) in [5, 5.41) is 10.1. The number of rotatable bonds is 10. The molecule has 0 spiro atoms. The molecule has 2 aromatic heterocycles. The summed E-state index contributed by atoms with van der Waals surface area (Å²) < 4.78 is 19.4. The number of nitrogens with zero attached hydrogens (tertiary/aromatic N) is 3. The Morgan fingerprint density at radius 1 is 1.08 bits per heavy atom. The van der Waals surface area contributed by atoms with Gasteiger partial charge in [-0.3, -0.25) is 0 Å². The molecule has 0 fully saturated rings. The monoisotopic (exact) mass is 501 g/mol. The molecule has 0 radical (unpaired) electrons. The quantitative estimate of drug-likeness (QED) is 0.301. The van der Waals surface area contributed by atoms with E-state index < -0.39 is 12.1 Å². The summed E-state index contributed by atoms with van der Waals surface area (Å²) in [6, 6.07) is 13.4. The molecular weight excluding hydrogens is 470 g/mol. The van der Waals surface area contributed by atoms with E-state index in [-0.39, 0.29) is 6.79 Å². The molecule has 0 saturated carbocycles. The maximum Gasteiger partial charge on any atom is 0.349 e. The van der Waals surface area contributed by atoms with Crippen molar-refractivity contribution < 1.29 is 24.1 Å². The number of carboxylic acid groups (broad SMARTS) is 1. The van der Waals surface area contributed by atoms with E-state index in [2.05, 4.69) is 40.5 Å². The topological polar surface area (TPSA) is 95.7 Å². The molecule has 0 aliphatic carbocycles. The van der Waals surface area contributed by atoms with Crippen LogP contribution in [0.25, 0.3) is 11.2 Å². The lowest BCUT2D eigenvalue weighted by atomic mass is 9.97. The van der Waals surface area contributed by atoms with Gasteiger partial charge in [-0.25, -0.2) is 14.8 Å². The van der Waals surface area contributed by atoms with Gasteiger partial charge in [-0.15, -0.1) is 0 Å². The van der Waals surface area contributed by atoms with E-state index >= 15 is 0 Å². The van der Waals surface area contributed by atoms with Gasteiger partial charge >= 0.3 is 5.97 Å². The van der Waals surface area contributed by atoms with Gasteiger partial charge in [0.25, 0.3) is 0 Å². The Hall–Kier alpha value is -4.07. The molecule has 37 heavy (non-hydrogen) atoms. The number of fused-ring (bicyclic) bond motifs is 2. The van der Waals surface area contributed by atoms with Gasteiger partial charge in [0.2, 0.25) is 12.9 Å². The number of benzene rings is 2. The van der Waals surface area contributed by atoms with Crippen LogP contribution in [0, 0.1) is 6.92 Å². The first kappa shape index (κ1) is 24.6. The normalized spacial score (nSPS) is 13.2. The second kappa shape index (κ2) is 10.5. The van der Waals surface area contributed by atoms with E-state index in [0.29, 0.717) is 29.4 Å². The van der Waals surface area contributed by atoms with Crippen molar-refractivity contribution in [3.63, 3.8) is 0 Å². The van der Waals surface area contributed by atoms with Crippen molar-refractivity contribution in [1.82, 2.24) is 14.5 Å². The van der Waals surface area contributed by atoms with Crippen molar-refractivity contribution in [3.05, 3.63) is 76.7 Å². The van der Waals surface area contributed by atoms with Gasteiger partial charge in [-0.1, -0.05) is 44.9 Å². The van der Waals surface area contributed by atoms with Crippen molar-refractivity contribution in [2.45, 2.75) is 59.1 Å². The Balaban J connectivity index is 1.54. The van der Waals surface area contributed by atoms with Crippen molar-refractivity contribution >= 4 is 17.1 Å². The number of hydrogen-bond acceptors (Lipinski definition) is 6.